The molecule has 1 aromatic heterocycles. The van der Waals surface area contributed by atoms with Gasteiger partial charge in [-0.25, -0.2) is 0 Å². The molecule has 0 aliphatic carbocycles. The Bertz CT molecular complexity index is 480. The molecule has 1 aliphatic heterocycles. The maximum atomic E-state index is 11.8. The van der Waals surface area contributed by atoms with Gasteiger partial charge in [0.05, 0.1) is 16.1 Å². The number of aromatic amines is 1. The molecule has 1 aliphatic rings. The second kappa shape index (κ2) is 6.15. The molecule has 1 amide bonds. The normalized spacial score (nSPS) is 18.8. The van der Waals surface area contributed by atoms with Gasteiger partial charge in [-0.2, -0.15) is 0 Å². The van der Waals surface area contributed by atoms with E-state index in [0.717, 1.165) is 25.9 Å². The molecule has 98 valence electrons. The molecule has 1 atom stereocenters. The van der Waals surface area contributed by atoms with Gasteiger partial charge in [-0.05, 0) is 41.3 Å². The number of halogens is 1. The molecule has 0 radical (unpaired) electrons. The highest BCUT2D eigenvalue weighted by atomic mass is 79.9. The van der Waals surface area contributed by atoms with Crippen molar-refractivity contribution in [2.75, 3.05) is 13.2 Å². The molecule has 0 saturated carbocycles. The lowest BCUT2D eigenvalue weighted by atomic mass is 10.2. The van der Waals surface area contributed by atoms with Crippen LogP contribution in [-0.4, -0.2) is 30.1 Å². The molecule has 2 N–H and O–H groups in total. The molecule has 0 spiro atoms. The number of rotatable bonds is 4. The topological polar surface area (TPSA) is 71.2 Å². The third-order valence-electron chi connectivity index (χ3n) is 2.90. The van der Waals surface area contributed by atoms with E-state index in [0.29, 0.717) is 16.6 Å². The van der Waals surface area contributed by atoms with E-state index in [1.165, 1.54) is 12.3 Å². The summed E-state index contributed by atoms with van der Waals surface area (Å²) in [6, 6.07) is 1.51. The molecule has 5 nitrogen and oxygen atoms in total. The number of carbonyl (C=O) groups is 1. The summed E-state index contributed by atoms with van der Waals surface area (Å²) in [6.07, 6.45) is 4.68. The van der Waals surface area contributed by atoms with Crippen molar-refractivity contribution < 1.29 is 9.53 Å². The van der Waals surface area contributed by atoms with Crippen LogP contribution in [-0.2, 0) is 4.74 Å². The Kier molecular flexibility index (Phi) is 4.54. The highest BCUT2D eigenvalue weighted by molar-refractivity contribution is 9.10. The van der Waals surface area contributed by atoms with Crippen molar-refractivity contribution in [2.24, 2.45) is 0 Å². The van der Waals surface area contributed by atoms with Gasteiger partial charge in [-0.3, -0.25) is 9.59 Å². The summed E-state index contributed by atoms with van der Waals surface area (Å²) in [6.45, 7) is 1.41. The van der Waals surface area contributed by atoms with Crippen LogP contribution in [0.15, 0.2) is 21.5 Å². The number of hydrogen-bond donors (Lipinski definition) is 2. The average molecular weight is 315 g/mol. The maximum Gasteiger partial charge on any atom is 0.262 e. The predicted molar refractivity (Wildman–Crippen MR) is 70.7 cm³/mol. The lowest BCUT2D eigenvalue weighted by Gasteiger charge is -2.10. The maximum absolute atomic E-state index is 11.8. The Hall–Kier alpha value is -1.14. The number of aromatic nitrogens is 1. The van der Waals surface area contributed by atoms with Gasteiger partial charge in [0.25, 0.3) is 11.5 Å². The second-order valence-corrected chi connectivity index (χ2v) is 5.10. The van der Waals surface area contributed by atoms with Crippen molar-refractivity contribution in [1.29, 1.82) is 0 Å². The van der Waals surface area contributed by atoms with Crippen LogP contribution in [0.4, 0.5) is 0 Å². The largest absolute Gasteiger partial charge is 0.378 e. The molecular formula is C12H15BrN2O3. The van der Waals surface area contributed by atoms with E-state index in [2.05, 4.69) is 26.2 Å². The lowest BCUT2D eigenvalue weighted by molar-refractivity contribution is 0.0907. The highest BCUT2D eigenvalue weighted by Gasteiger charge is 2.15. The number of amides is 1. The number of ether oxygens (including phenoxy) is 1. The van der Waals surface area contributed by atoms with E-state index >= 15 is 0 Å². The van der Waals surface area contributed by atoms with E-state index in [-0.39, 0.29) is 17.6 Å². The summed E-state index contributed by atoms with van der Waals surface area (Å²) in [4.78, 5) is 25.4. The van der Waals surface area contributed by atoms with E-state index in [1.54, 1.807) is 0 Å². The van der Waals surface area contributed by atoms with E-state index < -0.39 is 0 Å². The number of H-pyrrole nitrogens is 1. The van der Waals surface area contributed by atoms with Crippen LogP contribution >= 0.6 is 15.9 Å². The van der Waals surface area contributed by atoms with Gasteiger partial charge >= 0.3 is 0 Å². The lowest BCUT2D eigenvalue weighted by Crippen LogP contribution is -2.27. The van der Waals surface area contributed by atoms with Gasteiger partial charge in [-0.1, -0.05) is 0 Å². The van der Waals surface area contributed by atoms with Crippen molar-refractivity contribution >= 4 is 21.8 Å². The van der Waals surface area contributed by atoms with Gasteiger partial charge in [0.2, 0.25) is 0 Å². The summed E-state index contributed by atoms with van der Waals surface area (Å²) in [5.74, 6) is -0.190. The van der Waals surface area contributed by atoms with Gasteiger partial charge in [0.1, 0.15) is 0 Å². The first-order valence-electron chi connectivity index (χ1n) is 5.95. The molecule has 1 fully saturated rings. The Balaban J connectivity index is 1.83. The zero-order chi connectivity index (χ0) is 13.0. The molecule has 1 aromatic rings. The third kappa shape index (κ3) is 3.43. The Morgan fingerprint density at radius 1 is 1.61 bits per heavy atom. The molecule has 2 heterocycles. The summed E-state index contributed by atoms with van der Waals surface area (Å²) in [7, 11) is 0. The van der Waals surface area contributed by atoms with Gasteiger partial charge in [0.15, 0.2) is 0 Å². The van der Waals surface area contributed by atoms with Crippen molar-refractivity contribution in [3.05, 3.63) is 32.7 Å². The zero-order valence-electron chi connectivity index (χ0n) is 9.87. The van der Waals surface area contributed by atoms with Crippen LogP contribution in [0.3, 0.4) is 0 Å². The van der Waals surface area contributed by atoms with Crippen molar-refractivity contribution in [3.8, 4) is 0 Å². The first-order valence-corrected chi connectivity index (χ1v) is 6.74. The Morgan fingerprint density at radius 3 is 3.11 bits per heavy atom. The van der Waals surface area contributed by atoms with Crippen LogP contribution in [0.1, 0.15) is 29.6 Å². The third-order valence-corrected chi connectivity index (χ3v) is 3.48. The molecule has 1 unspecified atom stereocenters. The van der Waals surface area contributed by atoms with Crippen LogP contribution in [0.5, 0.6) is 0 Å². The number of pyridine rings is 1. The standard InChI is InChI=1S/C12H15BrN2O3/c13-10-6-8(7-15-12(10)17)11(16)14-4-3-9-2-1-5-18-9/h6-7,9H,1-5H2,(H,14,16)(H,15,17). The quantitative estimate of drug-likeness (QED) is 0.883. The van der Waals surface area contributed by atoms with E-state index in [1.807, 2.05) is 0 Å². The molecule has 1 saturated heterocycles. The fourth-order valence-electron chi connectivity index (χ4n) is 1.91. The fourth-order valence-corrected chi connectivity index (χ4v) is 2.27. The molecule has 18 heavy (non-hydrogen) atoms. The first kappa shape index (κ1) is 13.3. The minimum Gasteiger partial charge on any atom is -0.378 e. The van der Waals surface area contributed by atoms with Crippen LogP contribution in [0.25, 0.3) is 0 Å². The van der Waals surface area contributed by atoms with Crippen LogP contribution in [0.2, 0.25) is 0 Å². The number of hydrogen-bond acceptors (Lipinski definition) is 3. The zero-order valence-corrected chi connectivity index (χ0v) is 11.5. The summed E-state index contributed by atoms with van der Waals surface area (Å²) in [5, 5.41) is 2.81. The molecule has 0 aromatic carbocycles. The van der Waals surface area contributed by atoms with Gasteiger partial charge < -0.3 is 15.0 Å². The minimum atomic E-state index is -0.245. The Labute approximate surface area is 113 Å². The molecule has 2 rings (SSSR count). The Morgan fingerprint density at radius 2 is 2.44 bits per heavy atom. The minimum absolute atomic E-state index is 0.190. The predicted octanol–water partition coefficient (Wildman–Crippen LogP) is 1.44. The highest BCUT2D eigenvalue weighted by Crippen LogP contribution is 2.14. The fraction of sp³-hybridized carbons (Fsp3) is 0.500. The van der Waals surface area contributed by atoms with Crippen molar-refractivity contribution in [2.45, 2.75) is 25.4 Å². The summed E-state index contributed by atoms with van der Waals surface area (Å²) < 4.78 is 5.82. The monoisotopic (exact) mass is 314 g/mol. The van der Waals surface area contributed by atoms with Crippen molar-refractivity contribution in [1.82, 2.24) is 10.3 Å². The van der Waals surface area contributed by atoms with Crippen LogP contribution < -0.4 is 10.9 Å². The second-order valence-electron chi connectivity index (χ2n) is 4.25. The summed E-state index contributed by atoms with van der Waals surface area (Å²) >= 11 is 3.09. The number of nitrogens with one attached hydrogen (secondary N) is 2. The molecule has 6 heteroatoms. The van der Waals surface area contributed by atoms with Crippen molar-refractivity contribution in [3.63, 3.8) is 0 Å². The first-order chi connectivity index (χ1) is 8.66. The molecule has 0 bridgehead atoms. The smallest absolute Gasteiger partial charge is 0.262 e. The SMILES string of the molecule is O=C(NCCC1CCCO1)c1c[nH]c(=O)c(Br)c1. The van der Waals surface area contributed by atoms with E-state index in [9.17, 15) is 9.59 Å². The average Bonchev–Trinajstić information content (AvgIpc) is 2.85. The number of carbonyl (C=O) groups excluding carboxylic acids is 1. The summed E-state index contributed by atoms with van der Waals surface area (Å²) in [5.41, 5.74) is 0.194. The van der Waals surface area contributed by atoms with E-state index in [4.69, 9.17) is 4.74 Å². The van der Waals surface area contributed by atoms with Crippen LogP contribution in [0, 0.1) is 0 Å². The van der Waals surface area contributed by atoms with Gasteiger partial charge in [-0.15, -0.1) is 0 Å². The van der Waals surface area contributed by atoms with Gasteiger partial charge in [0, 0.05) is 19.3 Å². The molecular weight excluding hydrogens is 300 g/mol.